The first-order valence-electron chi connectivity index (χ1n) is 6.79. The Morgan fingerprint density at radius 2 is 1.74 bits per heavy atom. The molecule has 0 unspecified atom stereocenters. The molecule has 5 nitrogen and oxygen atoms in total. The lowest BCUT2D eigenvalue weighted by Crippen LogP contribution is -2.14. The molecule has 0 aliphatic carbocycles. The van der Waals surface area contributed by atoms with Crippen molar-refractivity contribution in [2.75, 3.05) is 4.72 Å². The number of benzene rings is 2. The van der Waals surface area contributed by atoms with Crippen LogP contribution in [0.5, 0.6) is 0 Å². The molecule has 0 atom stereocenters. The molecule has 0 fully saturated rings. The minimum absolute atomic E-state index is 0.289. The number of amides is 1. The number of rotatable bonds is 4. The van der Waals surface area contributed by atoms with Crippen molar-refractivity contribution in [3.63, 3.8) is 0 Å². The molecule has 3 aromatic rings. The first-order valence-corrected chi connectivity index (χ1v) is 9.09. The number of nitrogens with two attached hydrogens (primary N) is 1. The molecule has 7 heteroatoms. The van der Waals surface area contributed by atoms with Crippen molar-refractivity contribution in [3.05, 3.63) is 59.0 Å². The normalized spacial score (nSPS) is 11.5. The van der Waals surface area contributed by atoms with Crippen molar-refractivity contribution in [1.82, 2.24) is 0 Å². The molecule has 0 bridgehead atoms. The topological polar surface area (TPSA) is 89.3 Å². The first-order chi connectivity index (χ1) is 10.9. The van der Waals surface area contributed by atoms with Crippen LogP contribution in [-0.4, -0.2) is 14.3 Å². The SMILES string of the molecule is Cc1sc2ccccc2c1S(=O)(=O)Nc1ccc(C(N)=O)cc1. The molecule has 1 heterocycles. The molecule has 0 aliphatic heterocycles. The molecule has 0 spiro atoms. The lowest BCUT2D eigenvalue weighted by atomic mass is 10.2. The number of aryl methyl sites for hydroxylation is 1. The largest absolute Gasteiger partial charge is 0.366 e. The van der Waals surface area contributed by atoms with Crippen molar-refractivity contribution < 1.29 is 13.2 Å². The van der Waals surface area contributed by atoms with E-state index in [2.05, 4.69) is 4.72 Å². The lowest BCUT2D eigenvalue weighted by Gasteiger charge is -2.09. The number of hydrogen-bond acceptors (Lipinski definition) is 4. The van der Waals surface area contributed by atoms with E-state index < -0.39 is 15.9 Å². The number of carbonyl (C=O) groups is 1. The van der Waals surface area contributed by atoms with E-state index in [1.807, 2.05) is 18.2 Å². The van der Waals surface area contributed by atoms with Crippen molar-refractivity contribution in [2.45, 2.75) is 11.8 Å². The van der Waals surface area contributed by atoms with Gasteiger partial charge in [-0.15, -0.1) is 11.3 Å². The second kappa shape index (κ2) is 5.68. The van der Waals surface area contributed by atoms with Crippen LogP contribution in [0, 0.1) is 6.92 Å². The molecule has 0 radical (unpaired) electrons. The molecule has 1 aromatic heterocycles. The smallest absolute Gasteiger partial charge is 0.263 e. The van der Waals surface area contributed by atoms with Crippen molar-refractivity contribution >= 4 is 43.0 Å². The van der Waals surface area contributed by atoms with Gasteiger partial charge < -0.3 is 5.73 Å². The summed E-state index contributed by atoms with van der Waals surface area (Å²) < 4.78 is 28.9. The van der Waals surface area contributed by atoms with Crippen LogP contribution >= 0.6 is 11.3 Å². The number of carbonyl (C=O) groups excluding carboxylic acids is 1. The van der Waals surface area contributed by atoms with Crippen LogP contribution < -0.4 is 10.5 Å². The van der Waals surface area contributed by atoms with E-state index in [1.54, 1.807) is 13.0 Å². The molecule has 0 saturated carbocycles. The van der Waals surface area contributed by atoms with E-state index in [0.717, 1.165) is 9.58 Å². The summed E-state index contributed by atoms with van der Waals surface area (Å²) in [4.78, 5) is 12.1. The van der Waals surface area contributed by atoms with Crippen LogP contribution in [-0.2, 0) is 10.0 Å². The average Bonchev–Trinajstić information content (AvgIpc) is 2.83. The Morgan fingerprint density at radius 3 is 2.39 bits per heavy atom. The third-order valence-electron chi connectivity index (χ3n) is 3.40. The fourth-order valence-electron chi connectivity index (χ4n) is 2.39. The van der Waals surface area contributed by atoms with Gasteiger partial charge >= 0.3 is 0 Å². The molecular weight excluding hydrogens is 332 g/mol. The summed E-state index contributed by atoms with van der Waals surface area (Å²) in [5, 5.41) is 0.705. The van der Waals surface area contributed by atoms with E-state index in [1.165, 1.54) is 35.6 Å². The molecule has 2 aromatic carbocycles. The quantitative estimate of drug-likeness (QED) is 0.760. The zero-order valence-electron chi connectivity index (χ0n) is 12.2. The Balaban J connectivity index is 2.01. The highest BCUT2D eigenvalue weighted by Crippen LogP contribution is 2.34. The van der Waals surface area contributed by atoms with Crippen molar-refractivity contribution in [1.29, 1.82) is 0 Å². The number of primary amides is 1. The number of nitrogens with one attached hydrogen (secondary N) is 1. The molecule has 23 heavy (non-hydrogen) atoms. The van der Waals surface area contributed by atoms with Gasteiger partial charge in [0, 0.05) is 26.2 Å². The van der Waals surface area contributed by atoms with E-state index in [9.17, 15) is 13.2 Å². The highest BCUT2D eigenvalue weighted by Gasteiger charge is 2.22. The van der Waals surface area contributed by atoms with Crippen LogP contribution in [0.1, 0.15) is 15.2 Å². The lowest BCUT2D eigenvalue weighted by molar-refractivity contribution is 0.100. The third kappa shape index (κ3) is 2.93. The fourth-order valence-corrected chi connectivity index (χ4v) is 5.26. The Labute approximate surface area is 137 Å². The predicted molar refractivity (Wildman–Crippen MR) is 92.3 cm³/mol. The summed E-state index contributed by atoms with van der Waals surface area (Å²) in [6, 6.07) is 13.4. The predicted octanol–water partition coefficient (Wildman–Crippen LogP) is 3.11. The number of anilines is 1. The minimum Gasteiger partial charge on any atom is -0.366 e. The molecule has 3 N–H and O–H groups in total. The van der Waals surface area contributed by atoms with Crippen LogP contribution in [0.25, 0.3) is 10.1 Å². The van der Waals surface area contributed by atoms with Gasteiger partial charge in [0.2, 0.25) is 5.91 Å². The van der Waals surface area contributed by atoms with Crippen LogP contribution in [0.4, 0.5) is 5.69 Å². The summed E-state index contributed by atoms with van der Waals surface area (Å²) in [6.45, 7) is 1.79. The second-order valence-corrected chi connectivity index (χ2v) is 7.91. The summed E-state index contributed by atoms with van der Waals surface area (Å²) in [5.41, 5.74) is 5.88. The van der Waals surface area contributed by atoms with Gasteiger partial charge in [-0.3, -0.25) is 9.52 Å². The van der Waals surface area contributed by atoms with Gasteiger partial charge in [-0.2, -0.15) is 0 Å². The maximum atomic E-state index is 12.7. The third-order valence-corrected chi connectivity index (χ3v) is 6.19. The van der Waals surface area contributed by atoms with E-state index in [0.29, 0.717) is 16.6 Å². The maximum absolute atomic E-state index is 12.7. The van der Waals surface area contributed by atoms with Gasteiger partial charge in [0.05, 0.1) is 0 Å². The van der Waals surface area contributed by atoms with Crippen LogP contribution in [0.15, 0.2) is 53.4 Å². The Kier molecular flexibility index (Phi) is 3.83. The molecule has 3 rings (SSSR count). The zero-order valence-corrected chi connectivity index (χ0v) is 13.9. The molecule has 0 saturated heterocycles. The molecule has 118 valence electrons. The summed E-state index contributed by atoms with van der Waals surface area (Å²) in [5.74, 6) is -0.556. The van der Waals surface area contributed by atoms with Crippen molar-refractivity contribution in [2.24, 2.45) is 5.73 Å². The minimum atomic E-state index is -3.72. The van der Waals surface area contributed by atoms with Crippen molar-refractivity contribution in [3.8, 4) is 0 Å². The molecular formula is C16H14N2O3S2. The molecule has 0 aliphatic rings. The van der Waals surface area contributed by atoms with Crippen LogP contribution in [0.3, 0.4) is 0 Å². The Hall–Kier alpha value is -2.38. The summed E-state index contributed by atoms with van der Waals surface area (Å²) in [6.07, 6.45) is 0. The van der Waals surface area contributed by atoms with E-state index >= 15 is 0 Å². The molecule has 1 amide bonds. The van der Waals surface area contributed by atoms with E-state index in [-0.39, 0.29) is 4.90 Å². The van der Waals surface area contributed by atoms with Crippen LogP contribution in [0.2, 0.25) is 0 Å². The van der Waals surface area contributed by atoms with Gasteiger partial charge in [-0.1, -0.05) is 18.2 Å². The Morgan fingerprint density at radius 1 is 1.09 bits per heavy atom. The average molecular weight is 346 g/mol. The maximum Gasteiger partial charge on any atom is 0.263 e. The standard InChI is InChI=1S/C16H14N2O3S2/c1-10-15(13-4-2-3-5-14(13)22-10)23(20,21)18-12-8-6-11(7-9-12)16(17)19/h2-9,18H,1H3,(H2,17,19). The second-order valence-electron chi connectivity index (χ2n) is 5.03. The summed E-state index contributed by atoms with van der Waals surface area (Å²) in [7, 11) is -3.72. The van der Waals surface area contributed by atoms with Gasteiger partial charge in [-0.05, 0) is 37.3 Å². The number of hydrogen-bond donors (Lipinski definition) is 2. The highest BCUT2D eigenvalue weighted by atomic mass is 32.2. The van der Waals surface area contributed by atoms with E-state index in [4.69, 9.17) is 5.73 Å². The fraction of sp³-hybridized carbons (Fsp3) is 0.0625. The monoisotopic (exact) mass is 346 g/mol. The van der Waals surface area contributed by atoms with Gasteiger partial charge in [-0.25, -0.2) is 8.42 Å². The van der Waals surface area contributed by atoms with Gasteiger partial charge in [0.15, 0.2) is 0 Å². The number of sulfonamides is 1. The van der Waals surface area contributed by atoms with Gasteiger partial charge in [0.1, 0.15) is 4.90 Å². The number of fused-ring (bicyclic) bond motifs is 1. The first kappa shape index (κ1) is 15.5. The highest BCUT2D eigenvalue weighted by molar-refractivity contribution is 7.93. The summed E-state index contributed by atoms with van der Waals surface area (Å²) >= 11 is 1.44. The number of thiophene rings is 1. The van der Waals surface area contributed by atoms with Gasteiger partial charge in [0.25, 0.3) is 10.0 Å². The zero-order chi connectivity index (χ0) is 16.6. The Bertz CT molecular complexity index is 990.